The Morgan fingerprint density at radius 1 is 0.961 bits per heavy atom. The molecule has 1 amide bonds. The van der Waals surface area contributed by atoms with Gasteiger partial charge in [-0.15, -0.1) is 11.8 Å². The van der Waals surface area contributed by atoms with Gasteiger partial charge >= 0.3 is 0 Å². The molecule has 1 aromatic heterocycles. The molecule has 0 saturated heterocycles. The van der Waals surface area contributed by atoms with Crippen molar-refractivity contribution in [3.8, 4) is 16.9 Å². The molecular weight excluding hydrogens is 653 g/mol. The van der Waals surface area contributed by atoms with E-state index >= 15 is 0 Å². The average molecular weight is 709 g/mol. The number of nitrogens with zero attached hydrogens (tertiary/aromatic N) is 3. The van der Waals surface area contributed by atoms with Gasteiger partial charge in [0, 0.05) is 53.8 Å². The molecule has 0 atom stereocenters. The van der Waals surface area contributed by atoms with Crippen LogP contribution < -0.4 is 15.0 Å². The first-order chi connectivity index (χ1) is 24.7. The van der Waals surface area contributed by atoms with Crippen LogP contribution in [0.3, 0.4) is 0 Å². The van der Waals surface area contributed by atoms with Crippen molar-refractivity contribution in [1.29, 1.82) is 0 Å². The van der Waals surface area contributed by atoms with Crippen LogP contribution in [-0.4, -0.2) is 48.4 Å². The van der Waals surface area contributed by atoms with Crippen LogP contribution in [0.25, 0.3) is 17.2 Å². The van der Waals surface area contributed by atoms with E-state index in [1.807, 2.05) is 36.3 Å². The minimum atomic E-state index is -0.0391. The highest BCUT2D eigenvalue weighted by Crippen LogP contribution is 2.34. The van der Waals surface area contributed by atoms with E-state index in [0.717, 1.165) is 109 Å². The van der Waals surface area contributed by atoms with Gasteiger partial charge in [0.15, 0.2) is 0 Å². The first-order valence-corrected chi connectivity index (χ1v) is 19.7. The lowest BCUT2D eigenvalue weighted by atomic mass is 9.96. The van der Waals surface area contributed by atoms with Crippen molar-refractivity contribution in [1.82, 2.24) is 9.55 Å². The SMILES string of the molecule is CCCCOCCOc1ccc(-c2ccc3c(c2)C=C(C(=O)Nc2ccc(SCc4c(C)ncn4CCC)c(C)c2)CCCN3CC(C)C)cc1. The number of carbonyl (C=O) groups is 1. The van der Waals surface area contributed by atoms with Crippen LogP contribution in [0, 0.1) is 19.8 Å². The molecule has 4 aromatic rings. The predicted molar refractivity (Wildman–Crippen MR) is 214 cm³/mol. The highest BCUT2D eigenvalue weighted by molar-refractivity contribution is 7.98. The molecule has 0 radical (unpaired) electrons. The van der Waals surface area contributed by atoms with Gasteiger partial charge in [0.05, 0.1) is 24.3 Å². The summed E-state index contributed by atoms with van der Waals surface area (Å²) in [6.07, 6.45) is 8.99. The molecule has 3 aromatic carbocycles. The van der Waals surface area contributed by atoms with Gasteiger partial charge in [-0.1, -0.05) is 52.3 Å². The number of fused-ring (bicyclic) bond motifs is 1. The maximum atomic E-state index is 13.8. The molecule has 0 spiro atoms. The van der Waals surface area contributed by atoms with E-state index in [-0.39, 0.29) is 5.91 Å². The molecule has 2 heterocycles. The highest BCUT2D eigenvalue weighted by atomic mass is 32.2. The van der Waals surface area contributed by atoms with E-state index in [1.165, 1.54) is 16.3 Å². The number of rotatable bonds is 17. The fraction of sp³-hybridized carbons (Fsp3) is 0.442. The summed E-state index contributed by atoms with van der Waals surface area (Å²) in [5.74, 6) is 2.19. The standard InChI is InChI=1S/C43H56N4O3S/c1-7-9-22-49-23-24-50-39-16-12-34(13-17-39)35-14-18-40-37(26-35)27-36(11-10-21-46(40)28-31(3)4)43(48)45-38-15-19-42(32(5)25-38)51-29-41-33(6)44-30-47(41)20-8-2/h12-19,25-27,30-31H,7-11,20-24,28-29H2,1-6H3,(H,45,48). The van der Waals surface area contributed by atoms with Crippen molar-refractivity contribution in [2.45, 2.75) is 90.8 Å². The maximum absolute atomic E-state index is 13.8. The molecule has 5 rings (SSSR count). The third kappa shape index (κ3) is 10.7. The second-order valence-electron chi connectivity index (χ2n) is 13.9. The lowest BCUT2D eigenvalue weighted by Crippen LogP contribution is -2.30. The number of thioether (sulfide) groups is 1. The molecule has 0 fully saturated rings. The van der Waals surface area contributed by atoms with Gasteiger partial charge in [0.1, 0.15) is 12.4 Å². The first kappa shape index (κ1) is 38.2. The largest absolute Gasteiger partial charge is 0.491 e. The van der Waals surface area contributed by atoms with Gasteiger partial charge in [-0.3, -0.25) is 4.79 Å². The third-order valence-corrected chi connectivity index (χ3v) is 10.4. The van der Waals surface area contributed by atoms with Crippen LogP contribution in [0.1, 0.15) is 82.3 Å². The van der Waals surface area contributed by atoms with E-state index in [0.29, 0.717) is 19.1 Å². The lowest BCUT2D eigenvalue weighted by Gasteiger charge is -2.30. The molecule has 0 saturated carbocycles. The Hall–Kier alpha value is -4.01. The molecule has 0 bridgehead atoms. The zero-order chi connectivity index (χ0) is 36.2. The second kappa shape index (κ2) is 19.0. The lowest BCUT2D eigenvalue weighted by molar-refractivity contribution is -0.112. The van der Waals surface area contributed by atoms with Crippen LogP contribution >= 0.6 is 11.8 Å². The van der Waals surface area contributed by atoms with Gasteiger partial charge in [-0.2, -0.15) is 0 Å². The van der Waals surface area contributed by atoms with Crippen LogP contribution in [0.5, 0.6) is 5.75 Å². The summed E-state index contributed by atoms with van der Waals surface area (Å²) in [5, 5.41) is 3.22. The van der Waals surface area contributed by atoms with E-state index in [2.05, 4.69) is 110 Å². The van der Waals surface area contributed by atoms with Crippen molar-refractivity contribution in [2.75, 3.05) is 43.1 Å². The number of carbonyl (C=O) groups excluding carboxylic acids is 1. The van der Waals surface area contributed by atoms with Crippen molar-refractivity contribution in [2.24, 2.45) is 5.92 Å². The number of aryl methyl sites for hydroxylation is 3. The van der Waals surface area contributed by atoms with Gasteiger partial charge in [0.2, 0.25) is 0 Å². The topological polar surface area (TPSA) is 68.6 Å². The number of nitrogens with one attached hydrogen (secondary N) is 1. The molecule has 7 nitrogen and oxygen atoms in total. The predicted octanol–water partition coefficient (Wildman–Crippen LogP) is 10.3. The second-order valence-corrected chi connectivity index (χ2v) is 14.9. The average Bonchev–Trinajstić information content (AvgIpc) is 3.46. The molecule has 8 heteroatoms. The number of ether oxygens (including phenoxy) is 2. The molecule has 1 aliphatic heterocycles. The van der Waals surface area contributed by atoms with Crippen molar-refractivity contribution >= 4 is 35.1 Å². The summed E-state index contributed by atoms with van der Waals surface area (Å²) < 4.78 is 13.8. The van der Waals surface area contributed by atoms with Crippen LogP contribution in [-0.2, 0) is 21.8 Å². The zero-order valence-corrected chi connectivity index (χ0v) is 32.3. The first-order valence-electron chi connectivity index (χ1n) is 18.7. The number of imidazole rings is 1. The van der Waals surface area contributed by atoms with Crippen molar-refractivity contribution in [3.63, 3.8) is 0 Å². The van der Waals surface area contributed by atoms with Crippen molar-refractivity contribution in [3.05, 3.63) is 95.1 Å². The molecule has 272 valence electrons. The Morgan fingerprint density at radius 2 is 1.76 bits per heavy atom. The van der Waals surface area contributed by atoms with Gasteiger partial charge in [-0.05, 0) is 116 Å². The Balaban J connectivity index is 1.31. The highest BCUT2D eigenvalue weighted by Gasteiger charge is 2.20. The summed E-state index contributed by atoms with van der Waals surface area (Å²) in [6.45, 7) is 17.9. The molecule has 0 unspecified atom stereocenters. The summed E-state index contributed by atoms with van der Waals surface area (Å²) in [7, 11) is 0. The molecule has 1 aliphatic rings. The fourth-order valence-corrected chi connectivity index (χ4v) is 7.59. The smallest absolute Gasteiger partial charge is 0.251 e. The summed E-state index contributed by atoms with van der Waals surface area (Å²) in [5.41, 5.74) is 9.61. The Bertz CT molecular complexity index is 1760. The zero-order valence-electron chi connectivity index (χ0n) is 31.5. The summed E-state index contributed by atoms with van der Waals surface area (Å²) >= 11 is 1.82. The van der Waals surface area contributed by atoms with Gasteiger partial charge in [0.25, 0.3) is 5.91 Å². The van der Waals surface area contributed by atoms with E-state index in [1.54, 1.807) is 0 Å². The van der Waals surface area contributed by atoms with Gasteiger partial charge < -0.3 is 24.3 Å². The van der Waals surface area contributed by atoms with Gasteiger partial charge in [-0.25, -0.2) is 4.98 Å². The minimum absolute atomic E-state index is 0.0391. The molecule has 1 N–H and O–H groups in total. The van der Waals surface area contributed by atoms with Crippen LogP contribution in [0.2, 0.25) is 0 Å². The summed E-state index contributed by atoms with van der Waals surface area (Å²) in [4.78, 5) is 22.1. The third-order valence-electron chi connectivity index (χ3n) is 9.19. The number of anilines is 2. The Kier molecular flexibility index (Phi) is 14.2. The Labute approximate surface area is 309 Å². The fourth-order valence-electron chi connectivity index (χ4n) is 6.47. The van der Waals surface area contributed by atoms with E-state index in [4.69, 9.17) is 9.47 Å². The molecule has 0 aliphatic carbocycles. The van der Waals surface area contributed by atoms with Crippen LogP contribution in [0.4, 0.5) is 11.4 Å². The van der Waals surface area contributed by atoms with E-state index in [9.17, 15) is 4.79 Å². The van der Waals surface area contributed by atoms with Crippen molar-refractivity contribution < 1.29 is 14.3 Å². The minimum Gasteiger partial charge on any atom is -0.491 e. The number of amides is 1. The number of benzene rings is 3. The normalized spacial score (nSPS) is 13.1. The number of hydrogen-bond donors (Lipinski definition) is 1. The number of hydrogen-bond acceptors (Lipinski definition) is 6. The monoisotopic (exact) mass is 708 g/mol. The number of unbranched alkanes of at least 4 members (excludes halogenated alkanes) is 1. The Morgan fingerprint density at radius 3 is 2.51 bits per heavy atom. The quantitative estimate of drug-likeness (QED) is 0.0870. The van der Waals surface area contributed by atoms with Crippen LogP contribution in [0.15, 0.2) is 77.5 Å². The van der Waals surface area contributed by atoms with E-state index < -0.39 is 0 Å². The molecule has 51 heavy (non-hydrogen) atoms. The molecular formula is C43H56N4O3S. The maximum Gasteiger partial charge on any atom is 0.251 e. The summed E-state index contributed by atoms with van der Waals surface area (Å²) in [6, 6.07) is 21.1. The number of aromatic nitrogens is 2.